The molecular weight excluding hydrogens is 187 g/mol. The minimum atomic E-state index is -4.24. The average Bonchev–Trinajstić information content (AvgIpc) is 2.30. The van der Waals surface area contributed by atoms with E-state index in [9.17, 15) is 13.2 Å². The van der Waals surface area contributed by atoms with Crippen molar-refractivity contribution in [3.8, 4) is 0 Å². The number of nitrogens with zero attached hydrogens (tertiary/aromatic N) is 4. The number of halogens is 3. The number of nitrogens with two attached hydrogens (primary N) is 1. The summed E-state index contributed by atoms with van der Waals surface area (Å²) in [5, 5.41) is 9.75. The Kier molecular flexibility index (Phi) is 2.39. The summed E-state index contributed by atoms with van der Waals surface area (Å²) >= 11 is 0. The van der Waals surface area contributed by atoms with Crippen molar-refractivity contribution in [1.82, 2.24) is 20.2 Å². The summed E-state index contributed by atoms with van der Waals surface area (Å²) < 4.78 is 36.7. The van der Waals surface area contributed by atoms with Gasteiger partial charge in [0.25, 0.3) is 0 Å². The van der Waals surface area contributed by atoms with Crippen LogP contribution in [-0.4, -0.2) is 26.4 Å². The van der Waals surface area contributed by atoms with Gasteiger partial charge in [0.15, 0.2) is 0 Å². The molecular formula is C5H8F3N5. The smallest absolute Gasteiger partial charge is 0.367 e. The third-order valence-corrected chi connectivity index (χ3v) is 1.46. The van der Waals surface area contributed by atoms with E-state index in [-0.39, 0.29) is 5.95 Å². The molecule has 0 amide bonds. The van der Waals surface area contributed by atoms with Crippen molar-refractivity contribution in [3.05, 3.63) is 0 Å². The van der Waals surface area contributed by atoms with Crippen molar-refractivity contribution in [2.24, 2.45) is 0 Å². The fraction of sp³-hybridized carbons (Fsp3) is 0.800. The molecule has 0 aliphatic carbocycles. The van der Waals surface area contributed by atoms with Crippen LogP contribution < -0.4 is 5.73 Å². The van der Waals surface area contributed by atoms with Crippen LogP contribution in [0.2, 0.25) is 0 Å². The molecule has 1 aromatic rings. The van der Waals surface area contributed by atoms with Gasteiger partial charge in [0, 0.05) is 0 Å². The molecule has 0 aromatic carbocycles. The molecule has 8 heteroatoms. The van der Waals surface area contributed by atoms with Crippen molar-refractivity contribution in [2.45, 2.75) is 25.6 Å². The van der Waals surface area contributed by atoms with Crippen LogP contribution in [0.1, 0.15) is 19.4 Å². The van der Waals surface area contributed by atoms with E-state index in [0.717, 1.165) is 4.68 Å². The molecule has 0 radical (unpaired) electrons. The summed E-state index contributed by atoms with van der Waals surface area (Å²) in [4.78, 5) is 0. The zero-order chi connectivity index (χ0) is 10.1. The van der Waals surface area contributed by atoms with Gasteiger partial charge in [-0.2, -0.15) is 13.2 Å². The lowest BCUT2D eigenvalue weighted by atomic mass is 10.2. The van der Waals surface area contributed by atoms with E-state index in [1.165, 1.54) is 6.92 Å². The highest BCUT2D eigenvalue weighted by Gasteiger charge is 2.31. The van der Waals surface area contributed by atoms with Gasteiger partial charge in [0.05, 0.1) is 12.5 Å². The summed E-state index contributed by atoms with van der Waals surface area (Å²) in [6.45, 7) is 1.35. The number of alkyl halides is 3. The van der Waals surface area contributed by atoms with Crippen LogP contribution in [-0.2, 0) is 0 Å². The minimum Gasteiger partial charge on any atom is -0.367 e. The first-order valence-corrected chi connectivity index (χ1v) is 3.50. The Morgan fingerprint density at radius 3 is 2.54 bits per heavy atom. The van der Waals surface area contributed by atoms with Gasteiger partial charge in [-0.1, -0.05) is 5.10 Å². The summed E-state index contributed by atoms with van der Waals surface area (Å²) in [6.07, 6.45) is -5.24. The van der Waals surface area contributed by atoms with E-state index in [2.05, 4.69) is 15.5 Å². The lowest BCUT2D eigenvalue weighted by molar-refractivity contribution is -0.142. The second-order valence-corrected chi connectivity index (χ2v) is 2.65. The molecule has 1 atom stereocenters. The van der Waals surface area contributed by atoms with Crippen molar-refractivity contribution >= 4 is 5.95 Å². The van der Waals surface area contributed by atoms with Crippen LogP contribution in [0.5, 0.6) is 0 Å². The minimum absolute atomic E-state index is 0.114. The number of anilines is 1. The van der Waals surface area contributed by atoms with Crippen LogP contribution in [0, 0.1) is 0 Å². The SMILES string of the molecule is CC(CC(F)(F)F)n1nnnc1N. The molecule has 2 N–H and O–H groups in total. The van der Waals surface area contributed by atoms with Gasteiger partial charge in [-0.15, -0.1) is 0 Å². The molecule has 1 rings (SSSR count). The highest BCUT2D eigenvalue weighted by Crippen LogP contribution is 2.27. The van der Waals surface area contributed by atoms with Gasteiger partial charge >= 0.3 is 6.18 Å². The second-order valence-electron chi connectivity index (χ2n) is 2.65. The number of aromatic nitrogens is 4. The first-order valence-electron chi connectivity index (χ1n) is 3.50. The van der Waals surface area contributed by atoms with Crippen molar-refractivity contribution in [3.63, 3.8) is 0 Å². The van der Waals surface area contributed by atoms with Crippen LogP contribution in [0.4, 0.5) is 19.1 Å². The molecule has 1 unspecified atom stereocenters. The molecule has 0 spiro atoms. The lowest BCUT2D eigenvalue weighted by Crippen LogP contribution is -2.18. The maximum atomic E-state index is 11.9. The Morgan fingerprint density at radius 1 is 1.54 bits per heavy atom. The van der Waals surface area contributed by atoms with Gasteiger partial charge < -0.3 is 5.73 Å². The Labute approximate surface area is 71.7 Å². The number of hydrogen-bond acceptors (Lipinski definition) is 4. The molecule has 74 valence electrons. The van der Waals surface area contributed by atoms with E-state index in [0.29, 0.717) is 0 Å². The van der Waals surface area contributed by atoms with Crippen molar-refractivity contribution in [1.29, 1.82) is 0 Å². The van der Waals surface area contributed by atoms with Gasteiger partial charge in [-0.25, -0.2) is 4.68 Å². The van der Waals surface area contributed by atoms with Crippen molar-refractivity contribution < 1.29 is 13.2 Å². The molecule has 5 nitrogen and oxygen atoms in total. The molecule has 0 saturated heterocycles. The van der Waals surface area contributed by atoms with Crippen molar-refractivity contribution in [2.75, 3.05) is 5.73 Å². The first kappa shape index (κ1) is 9.75. The molecule has 0 aliphatic heterocycles. The van der Waals surface area contributed by atoms with E-state index >= 15 is 0 Å². The van der Waals surface area contributed by atoms with Crippen LogP contribution >= 0.6 is 0 Å². The summed E-state index contributed by atoms with van der Waals surface area (Å²) in [5.74, 6) is -0.114. The zero-order valence-electron chi connectivity index (χ0n) is 6.78. The van der Waals surface area contributed by atoms with Gasteiger partial charge in [-0.05, 0) is 17.4 Å². The third-order valence-electron chi connectivity index (χ3n) is 1.46. The molecule has 0 aliphatic rings. The maximum Gasteiger partial charge on any atom is 0.391 e. The Hall–Kier alpha value is -1.34. The largest absolute Gasteiger partial charge is 0.391 e. The predicted molar refractivity (Wildman–Crippen MR) is 37.6 cm³/mol. The van der Waals surface area contributed by atoms with Gasteiger partial charge in [0.2, 0.25) is 5.95 Å². The van der Waals surface area contributed by atoms with Crippen LogP contribution in [0.25, 0.3) is 0 Å². The number of tetrazole rings is 1. The second kappa shape index (κ2) is 3.19. The van der Waals surface area contributed by atoms with Gasteiger partial charge in [-0.3, -0.25) is 0 Å². The van der Waals surface area contributed by atoms with Crippen LogP contribution in [0.3, 0.4) is 0 Å². The number of nitrogen functional groups attached to an aromatic ring is 1. The molecule has 1 heterocycles. The summed E-state index contributed by atoms with van der Waals surface area (Å²) in [6, 6.07) is -0.880. The topological polar surface area (TPSA) is 69.6 Å². The standard InChI is InChI=1S/C5H8F3N5/c1-3(2-5(6,7)8)13-4(9)10-11-12-13/h3H,2H2,1H3,(H2,9,10,12). The first-order chi connectivity index (χ1) is 5.90. The molecule has 1 aromatic heterocycles. The fourth-order valence-corrected chi connectivity index (χ4v) is 0.936. The highest BCUT2D eigenvalue weighted by molar-refractivity contribution is 5.11. The Morgan fingerprint density at radius 2 is 2.15 bits per heavy atom. The highest BCUT2D eigenvalue weighted by atomic mass is 19.4. The summed E-state index contributed by atoms with van der Waals surface area (Å²) in [5.41, 5.74) is 5.22. The number of rotatable bonds is 2. The third kappa shape index (κ3) is 2.56. The van der Waals surface area contributed by atoms with E-state index in [4.69, 9.17) is 5.73 Å². The quantitative estimate of drug-likeness (QED) is 0.756. The van der Waals surface area contributed by atoms with Gasteiger partial charge in [0.1, 0.15) is 0 Å². The maximum absolute atomic E-state index is 11.9. The van der Waals surface area contributed by atoms with E-state index in [1.54, 1.807) is 0 Å². The normalized spacial score (nSPS) is 14.5. The monoisotopic (exact) mass is 195 g/mol. The molecule has 0 fully saturated rings. The number of hydrogen-bond donors (Lipinski definition) is 1. The predicted octanol–water partition coefficient (Wildman–Crippen LogP) is 0.769. The zero-order valence-corrected chi connectivity index (χ0v) is 6.78. The van der Waals surface area contributed by atoms with E-state index < -0.39 is 18.6 Å². The van der Waals surface area contributed by atoms with Crippen LogP contribution in [0.15, 0.2) is 0 Å². The lowest BCUT2D eigenvalue weighted by Gasteiger charge is -2.13. The Bertz CT molecular complexity index is 280. The molecule has 0 saturated carbocycles. The summed E-state index contributed by atoms with van der Waals surface area (Å²) in [7, 11) is 0. The molecule has 13 heavy (non-hydrogen) atoms. The Balaban J connectivity index is 2.69. The van der Waals surface area contributed by atoms with E-state index in [1.807, 2.05) is 0 Å². The average molecular weight is 195 g/mol. The fourth-order valence-electron chi connectivity index (χ4n) is 0.936. The molecule has 0 bridgehead atoms.